The number of rotatable bonds is 5. The highest BCUT2D eigenvalue weighted by molar-refractivity contribution is 5.94. The van der Waals surface area contributed by atoms with Crippen LogP contribution in [0.2, 0.25) is 0 Å². The number of amides is 1. The molecule has 0 aliphatic heterocycles. The molecule has 0 aliphatic rings. The highest BCUT2D eigenvalue weighted by Gasteiger charge is 2.13. The van der Waals surface area contributed by atoms with Crippen molar-refractivity contribution < 1.29 is 19.6 Å². The number of ether oxygens (including phenoxy) is 1. The first-order chi connectivity index (χ1) is 10.9. The molecule has 7 heteroatoms. The van der Waals surface area contributed by atoms with E-state index in [1.807, 2.05) is 6.92 Å². The van der Waals surface area contributed by atoms with Crippen LogP contribution < -0.4 is 10.1 Å². The molecule has 2 aromatic rings. The zero-order valence-corrected chi connectivity index (χ0v) is 12.7. The Kier molecular flexibility index (Phi) is 4.80. The van der Waals surface area contributed by atoms with E-state index in [4.69, 9.17) is 4.74 Å². The number of benzene rings is 2. The molecule has 0 atom stereocenters. The second kappa shape index (κ2) is 6.78. The van der Waals surface area contributed by atoms with Crippen molar-refractivity contribution in [2.45, 2.75) is 13.5 Å². The van der Waals surface area contributed by atoms with Gasteiger partial charge >= 0.3 is 0 Å². The molecule has 0 aliphatic carbocycles. The van der Waals surface area contributed by atoms with Gasteiger partial charge in [0.15, 0.2) is 0 Å². The van der Waals surface area contributed by atoms with Gasteiger partial charge in [-0.05, 0) is 30.7 Å². The van der Waals surface area contributed by atoms with Crippen molar-refractivity contribution in [2.75, 3.05) is 7.11 Å². The van der Waals surface area contributed by atoms with E-state index in [0.29, 0.717) is 11.3 Å². The summed E-state index contributed by atoms with van der Waals surface area (Å²) in [6.45, 7) is 1.84. The molecule has 23 heavy (non-hydrogen) atoms. The number of phenols is 1. The molecule has 0 heterocycles. The summed E-state index contributed by atoms with van der Waals surface area (Å²) in [5.41, 5.74) is 1.42. The summed E-state index contributed by atoms with van der Waals surface area (Å²) in [5.74, 6) is 0.113. The second-order valence-electron chi connectivity index (χ2n) is 4.94. The largest absolute Gasteiger partial charge is 0.508 e. The smallest absolute Gasteiger partial charge is 0.270 e. The Morgan fingerprint density at radius 1 is 1.30 bits per heavy atom. The number of carbonyl (C=O) groups is 1. The Bertz CT molecular complexity index is 758. The molecule has 0 unspecified atom stereocenters. The summed E-state index contributed by atoms with van der Waals surface area (Å²) in [5, 5.41) is 23.1. The van der Waals surface area contributed by atoms with Gasteiger partial charge in [0.1, 0.15) is 11.5 Å². The van der Waals surface area contributed by atoms with Crippen molar-refractivity contribution in [1.29, 1.82) is 0 Å². The Labute approximate surface area is 132 Å². The van der Waals surface area contributed by atoms with Crippen LogP contribution in [0.5, 0.6) is 11.5 Å². The number of carbonyl (C=O) groups excluding carboxylic acids is 1. The molecule has 1 amide bonds. The summed E-state index contributed by atoms with van der Waals surface area (Å²) in [4.78, 5) is 22.3. The predicted molar refractivity (Wildman–Crippen MR) is 83.7 cm³/mol. The maximum absolute atomic E-state index is 12.1. The summed E-state index contributed by atoms with van der Waals surface area (Å²) in [7, 11) is 1.52. The Hall–Kier alpha value is -3.09. The fraction of sp³-hybridized carbons (Fsp3) is 0.188. The average Bonchev–Trinajstić information content (AvgIpc) is 2.54. The van der Waals surface area contributed by atoms with Crippen LogP contribution in [0.1, 0.15) is 21.5 Å². The lowest BCUT2D eigenvalue weighted by atomic mass is 10.1. The average molecular weight is 316 g/mol. The lowest BCUT2D eigenvalue weighted by Gasteiger charge is -2.09. The molecule has 7 nitrogen and oxygen atoms in total. The number of phenolic OH excluding ortho intramolecular Hbond substituents is 1. The number of non-ortho nitro benzene ring substituents is 1. The van der Waals surface area contributed by atoms with Crippen LogP contribution in [0.25, 0.3) is 0 Å². The van der Waals surface area contributed by atoms with Gasteiger partial charge in [-0.2, -0.15) is 0 Å². The zero-order valence-electron chi connectivity index (χ0n) is 12.7. The van der Waals surface area contributed by atoms with Crippen LogP contribution in [0.3, 0.4) is 0 Å². The third-order valence-corrected chi connectivity index (χ3v) is 3.38. The Balaban J connectivity index is 2.13. The van der Waals surface area contributed by atoms with Gasteiger partial charge in [0.05, 0.1) is 12.0 Å². The van der Waals surface area contributed by atoms with Crippen molar-refractivity contribution in [1.82, 2.24) is 5.32 Å². The number of aryl methyl sites for hydroxylation is 1. The first kappa shape index (κ1) is 16.3. The van der Waals surface area contributed by atoms with E-state index in [9.17, 15) is 20.0 Å². The van der Waals surface area contributed by atoms with Gasteiger partial charge in [0.25, 0.3) is 11.6 Å². The van der Waals surface area contributed by atoms with Gasteiger partial charge in [0.2, 0.25) is 0 Å². The molecular weight excluding hydrogens is 300 g/mol. The van der Waals surface area contributed by atoms with E-state index in [1.165, 1.54) is 25.3 Å². The summed E-state index contributed by atoms with van der Waals surface area (Å²) in [6, 6.07) is 8.68. The first-order valence-corrected chi connectivity index (χ1v) is 6.81. The summed E-state index contributed by atoms with van der Waals surface area (Å²) >= 11 is 0. The van der Waals surface area contributed by atoms with Gasteiger partial charge < -0.3 is 15.2 Å². The molecule has 0 bridgehead atoms. The van der Waals surface area contributed by atoms with Crippen LogP contribution in [-0.4, -0.2) is 23.0 Å². The van der Waals surface area contributed by atoms with Crippen LogP contribution >= 0.6 is 0 Å². The van der Waals surface area contributed by atoms with Crippen molar-refractivity contribution in [3.05, 3.63) is 63.2 Å². The topological polar surface area (TPSA) is 102 Å². The van der Waals surface area contributed by atoms with Crippen molar-refractivity contribution >= 4 is 11.6 Å². The third kappa shape index (κ3) is 3.76. The molecule has 0 fully saturated rings. The monoisotopic (exact) mass is 316 g/mol. The number of nitro benzene ring substituents is 1. The van der Waals surface area contributed by atoms with Crippen molar-refractivity contribution in [3.8, 4) is 11.5 Å². The fourth-order valence-electron chi connectivity index (χ4n) is 2.07. The normalized spacial score (nSPS) is 10.2. The molecule has 2 aromatic carbocycles. The number of nitrogens with one attached hydrogen (secondary N) is 1. The molecule has 0 radical (unpaired) electrons. The van der Waals surface area contributed by atoms with E-state index >= 15 is 0 Å². The molecule has 2 N–H and O–H groups in total. The molecule has 0 saturated heterocycles. The van der Waals surface area contributed by atoms with Crippen molar-refractivity contribution in [2.24, 2.45) is 0 Å². The van der Waals surface area contributed by atoms with Crippen LogP contribution in [0.4, 0.5) is 5.69 Å². The number of hydrogen-bond donors (Lipinski definition) is 2. The minimum atomic E-state index is -0.560. The minimum Gasteiger partial charge on any atom is -0.508 e. The maximum Gasteiger partial charge on any atom is 0.270 e. The quantitative estimate of drug-likeness (QED) is 0.652. The van der Waals surface area contributed by atoms with Gasteiger partial charge in [-0.15, -0.1) is 0 Å². The Morgan fingerprint density at radius 2 is 2.04 bits per heavy atom. The van der Waals surface area contributed by atoms with Gasteiger partial charge in [-0.1, -0.05) is 6.07 Å². The van der Waals surface area contributed by atoms with E-state index in [2.05, 4.69) is 5.32 Å². The minimum absolute atomic E-state index is 0.0253. The van der Waals surface area contributed by atoms with Gasteiger partial charge in [-0.25, -0.2) is 0 Å². The molecule has 0 aromatic heterocycles. The van der Waals surface area contributed by atoms with E-state index in [1.54, 1.807) is 18.2 Å². The molecule has 0 saturated carbocycles. The van der Waals surface area contributed by atoms with Crippen LogP contribution in [-0.2, 0) is 6.54 Å². The van der Waals surface area contributed by atoms with Crippen LogP contribution in [0.15, 0.2) is 36.4 Å². The van der Waals surface area contributed by atoms with Crippen molar-refractivity contribution in [3.63, 3.8) is 0 Å². The van der Waals surface area contributed by atoms with Gasteiger partial charge in [0, 0.05) is 29.8 Å². The SMILES string of the molecule is COc1cc(C(=O)NCc2cc([N+](=O)[O-])ccc2O)ccc1C. The standard InChI is InChI=1S/C16H16N2O5/c1-10-3-4-11(8-15(10)23-2)16(20)17-9-12-7-13(18(21)22)5-6-14(12)19/h3-8,19H,9H2,1-2H3,(H,17,20). The highest BCUT2D eigenvalue weighted by Crippen LogP contribution is 2.23. The first-order valence-electron chi connectivity index (χ1n) is 6.81. The lowest BCUT2D eigenvalue weighted by Crippen LogP contribution is -2.23. The van der Waals surface area contributed by atoms with Crippen LogP contribution in [0, 0.1) is 17.0 Å². The number of hydrogen-bond acceptors (Lipinski definition) is 5. The number of nitrogens with zero attached hydrogens (tertiary/aromatic N) is 1. The second-order valence-corrected chi connectivity index (χ2v) is 4.94. The zero-order chi connectivity index (χ0) is 17.0. The predicted octanol–water partition coefficient (Wildman–Crippen LogP) is 2.55. The van der Waals surface area contributed by atoms with E-state index in [0.717, 1.165) is 5.56 Å². The molecule has 0 spiro atoms. The van der Waals surface area contributed by atoms with E-state index in [-0.39, 0.29) is 29.5 Å². The third-order valence-electron chi connectivity index (χ3n) is 3.38. The number of methoxy groups -OCH3 is 1. The highest BCUT2D eigenvalue weighted by atomic mass is 16.6. The number of aromatic hydroxyl groups is 1. The molecular formula is C16H16N2O5. The molecule has 120 valence electrons. The number of nitro groups is 1. The molecule has 2 rings (SSSR count). The summed E-state index contributed by atoms with van der Waals surface area (Å²) in [6.07, 6.45) is 0. The lowest BCUT2D eigenvalue weighted by molar-refractivity contribution is -0.384. The van der Waals surface area contributed by atoms with E-state index < -0.39 is 4.92 Å². The van der Waals surface area contributed by atoms with Gasteiger partial charge in [-0.3, -0.25) is 14.9 Å². The maximum atomic E-state index is 12.1. The Morgan fingerprint density at radius 3 is 2.70 bits per heavy atom. The fourth-order valence-corrected chi connectivity index (χ4v) is 2.07. The summed E-state index contributed by atoms with van der Waals surface area (Å²) < 4.78 is 5.16.